The average molecular weight is 354 g/mol. The first-order valence-corrected chi connectivity index (χ1v) is 8.37. The fourth-order valence-corrected chi connectivity index (χ4v) is 2.65. The maximum atomic E-state index is 12.6. The number of unbranched alkanes of at least 4 members (excludes halogenated alkanes) is 1. The predicted molar refractivity (Wildman–Crippen MR) is 98.1 cm³/mol. The zero-order valence-electron chi connectivity index (χ0n) is 14.4. The SMILES string of the molecule is NCCCCC(N)(C(=O)O)C(=O)c1ccc(C(=O)c2ccccc2)cc1. The molecule has 0 saturated carbocycles. The highest BCUT2D eigenvalue weighted by Crippen LogP contribution is 2.20. The van der Waals surface area contributed by atoms with Crippen molar-refractivity contribution in [3.8, 4) is 0 Å². The summed E-state index contributed by atoms with van der Waals surface area (Å²) in [5, 5.41) is 9.42. The highest BCUT2D eigenvalue weighted by molar-refractivity contribution is 6.16. The minimum absolute atomic E-state index is 0.00304. The van der Waals surface area contributed by atoms with E-state index in [9.17, 15) is 19.5 Å². The molecule has 0 spiro atoms. The van der Waals surface area contributed by atoms with Gasteiger partial charge in [-0.3, -0.25) is 9.59 Å². The number of hydrogen-bond acceptors (Lipinski definition) is 5. The predicted octanol–water partition coefficient (Wildman–Crippen LogP) is 2.01. The van der Waals surface area contributed by atoms with Gasteiger partial charge in [-0.15, -0.1) is 0 Å². The first-order chi connectivity index (χ1) is 12.4. The Morgan fingerprint density at radius 2 is 1.38 bits per heavy atom. The lowest BCUT2D eigenvalue weighted by Gasteiger charge is -2.23. The number of ketones is 2. The van der Waals surface area contributed by atoms with Gasteiger partial charge in [0.05, 0.1) is 0 Å². The number of carbonyl (C=O) groups is 3. The maximum absolute atomic E-state index is 12.6. The number of hydrogen-bond donors (Lipinski definition) is 3. The molecule has 0 aliphatic carbocycles. The first kappa shape index (κ1) is 19.5. The van der Waals surface area contributed by atoms with Crippen LogP contribution in [0.2, 0.25) is 0 Å². The molecular weight excluding hydrogens is 332 g/mol. The molecule has 0 fully saturated rings. The highest BCUT2D eigenvalue weighted by Gasteiger charge is 2.41. The number of nitrogens with two attached hydrogens (primary N) is 2. The largest absolute Gasteiger partial charge is 0.480 e. The molecule has 2 aromatic rings. The summed E-state index contributed by atoms with van der Waals surface area (Å²) < 4.78 is 0. The summed E-state index contributed by atoms with van der Waals surface area (Å²) in [5.74, 6) is -2.23. The fourth-order valence-electron chi connectivity index (χ4n) is 2.65. The molecule has 2 aromatic carbocycles. The second-order valence-electron chi connectivity index (χ2n) is 6.12. The van der Waals surface area contributed by atoms with Gasteiger partial charge in [0, 0.05) is 16.7 Å². The molecule has 136 valence electrons. The Bertz CT molecular complexity index is 787. The van der Waals surface area contributed by atoms with Crippen molar-refractivity contribution in [1.82, 2.24) is 0 Å². The van der Waals surface area contributed by atoms with Crippen molar-refractivity contribution in [2.75, 3.05) is 6.54 Å². The third-order valence-corrected chi connectivity index (χ3v) is 4.26. The molecular formula is C20H22N2O4. The summed E-state index contributed by atoms with van der Waals surface area (Å²) in [6.07, 6.45) is 1.03. The molecule has 6 nitrogen and oxygen atoms in total. The van der Waals surface area contributed by atoms with Gasteiger partial charge < -0.3 is 16.6 Å². The van der Waals surface area contributed by atoms with Crippen LogP contribution in [-0.4, -0.2) is 34.7 Å². The fraction of sp³-hybridized carbons (Fsp3) is 0.250. The number of carbonyl (C=O) groups excluding carboxylic acids is 2. The molecule has 5 N–H and O–H groups in total. The van der Waals surface area contributed by atoms with Crippen LogP contribution in [0.5, 0.6) is 0 Å². The monoisotopic (exact) mass is 354 g/mol. The lowest BCUT2D eigenvalue weighted by atomic mass is 9.85. The Morgan fingerprint density at radius 1 is 0.846 bits per heavy atom. The van der Waals surface area contributed by atoms with Gasteiger partial charge in [-0.05, 0) is 25.8 Å². The number of rotatable bonds is 9. The Morgan fingerprint density at radius 3 is 1.92 bits per heavy atom. The zero-order chi connectivity index (χ0) is 19.2. The number of Topliss-reactive ketones (excluding diaryl/α,β-unsaturated/α-hetero) is 1. The minimum Gasteiger partial charge on any atom is -0.480 e. The first-order valence-electron chi connectivity index (χ1n) is 8.37. The molecule has 1 atom stereocenters. The standard InChI is InChI=1S/C20H22N2O4/c21-13-5-4-12-20(22,19(25)26)18(24)16-10-8-15(9-11-16)17(23)14-6-2-1-3-7-14/h1-3,6-11H,4-5,12-13,21-22H2,(H,25,26). The van der Waals surface area contributed by atoms with Crippen molar-refractivity contribution in [3.05, 3.63) is 71.3 Å². The van der Waals surface area contributed by atoms with E-state index in [2.05, 4.69) is 0 Å². The van der Waals surface area contributed by atoms with Crippen LogP contribution in [0.4, 0.5) is 0 Å². The van der Waals surface area contributed by atoms with Gasteiger partial charge in [0.1, 0.15) is 0 Å². The average Bonchev–Trinajstić information content (AvgIpc) is 2.67. The Hall–Kier alpha value is -2.83. The van der Waals surface area contributed by atoms with Gasteiger partial charge in [-0.2, -0.15) is 0 Å². The molecule has 6 heteroatoms. The lowest BCUT2D eigenvalue weighted by molar-refractivity contribution is -0.141. The molecule has 0 aliphatic heterocycles. The summed E-state index contributed by atoms with van der Waals surface area (Å²) in [6, 6.07) is 14.6. The molecule has 0 radical (unpaired) electrons. The molecule has 26 heavy (non-hydrogen) atoms. The Kier molecular flexibility index (Phi) is 6.38. The summed E-state index contributed by atoms with van der Waals surface area (Å²) in [5.41, 5.74) is 10.4. The van der Waals surface area contributed by atoms with Gasteiger partial charge in [0.2, 0.25) is 0 Å². The van der Waals surface area contributed by atoms with Crippen LogP contribution in [0.15, 0.2) is 54.6 Å². The van der Waals surface area contributed by atoms with Gasteiger partial charge >= 0.3 is 5.97 Å². The van der Waals surface area contributed by atoms with Gasteiger partial charge in [-0.1, -0.05) is 54.6 Å². The summed E-state index contributed by atoms with van der Waals surface area (Å²) in [4.78, 5) is 36.6. The van der Waals surface area contributed by atoms with Crippen molar-refractivity contribution in [3.63, 3.8) is 0 Å². The van der Waals surface area contributed by atoms with E-state index < -0.39 is 17.3 Å². The highest BCUT2D eigenvalue weighted by atomic mass is 16.4. The minimum atomic E-state index is -2.00. The zero-order valence-corrected chi connectivity index (χ0v) is 14.4. The van der Waals surface area contributed by atoms with E-state index in [4.69, 9.17) is 11.5 Å². The Balaban J connectivity index is 2.21. The normalized spacial score (nSPS) is 13.0. The number of benzene rings is 2. The third kappa shape index (κ3) is 4.22. The second kappa shape index (κ2) is 8.51. The Labute approximate surface area is 151 Å². The maximum Gasteiger partial charge on any atom is 0.331 e. The van der Waals surface area contributed by atoms with E-state index in [1.807, 2.05) is 6.07 Å². The van der Waals surface area contributed by atoms with Crippen LogP contribution in [0.1, 0.15) is 45.5 Å². The van der Waals surface area contributed by atoms with Crippen LogP contribution in [0.25, 0.3) is 0 Å². The van der Waals surface area contributed by atoms with E-state index >= 15 is 0 Å². The third-order valence-electron chi connectivity index (χ3n) is 4.26. The lowest BCUT2D eigenvalue weighted by Crippen LogP contribution is -2.55. The van der Waals surface area contributed by atoms with Crippen molar-refractivity contribution >= 4 is 17.5 Å². The van der Waals surface area contributed by atoms with Crippen molar-refractivity contribution < 1.29 is 19.5 Å². The van der Waals surface area contributed by atoms with E-state index in [0.29, 0.717) is 30.5 Å². The number of carboxylic acids is 1. The van der Waals surface area contributed by atoms with Gasteiger partial charge in [0.15, 0.2) is 17.1 Å². The van der Waals surface area contributed by atoms with Gasteiger partial charge in [0.25, 0.3) is 0 Å². The second-order valence-corrected chi connectivity index (χ2v) is 6.12. The topological polar surface area (TPSA) is 123 Å². The van der Waals surface area contributed by atoms with Crippen LogP contribution in [-0.2, 0) is 4.79 Å². The molecule has 2 rings (SSSR count). The van der Waals surface area contributed by atoms with Crippen LogP contribution >= 0.6 is 0 Å². The van der Waals surface area contributed by atoms with E-state index in [1.165, 1.54) is 24.3 Å². The van der Waals surface area contributed by atoms with E-state index in [0.717, 1.165) is 0 Å². The van der Waals surface area contributed by atoms with Crippen LogP contribution in [0, 0.1) is 0 Å². The van der Waals surface area contributed by atoms with Crippen LogP contribution < -0.4 is 11.5 Å². The summed E-state index contributed by atoms with van der Waals surface area (Å²) in [7, 11) is 0. The molecule has 0 heterocycles. The molecule has 0 aliphatic rings. The molecule has 0 amide bonds. The van der Waals surface area contributed by atoms with Crippen molar-refractivity contribution in [2.45, 2.75) is 24.8 Å². The van der Waals surface area contributed by atoms with E-state index in [-0.39, 0.29) is 17.8 Å². The van der Waals surface area contributed by atoms with Crippen molar-refractivity contribution in [1.29, 1.82) is 0 Å². The molecule has 0 aromatic heterocycles. The van der Waals surface area contributed by atoms with Gasteiger partial charge in [-0.25, -0.2) is 4.79 Å². The quantitative estimate of drug-likeness (QED) is 0.359. The smallest absolute Gasteiger partial charge is 0.331 e. The van der Waals surface area contributed by atoms with Crippen molar-refractivity contribution in [2.24, 2.45) is 11.5 Å². The summed E-state index contributed by atoms with van der Waals surface area (Å²) >= 11 is 0. The molecule has 0 saturated heterocycles. The summed E-state index contributed by atoms with van der Waals surface area (Å²) in [6.45, 7) is 0.403. The number of carboxylic acid groups (broad SMARTS) is 1. The van der Waals surface area contributed by atoms with Crippen LogP contribution in [0.3, 0.4) is 0 Å². The molecule has 0 bridgehead atoms. The number of aliphatic carboxylic acids is 1. The molecule has 1 unspecified atom stereocenters. The van der Waals surface area contributed by atoms with E-state index in [1.54, 1.807) is 24.3 Å².